The van der Waals surface area contributed by atoms with E-state index in [1.165, 1.54) is 0 Å². The van der Waals surface area contributed by atoms with Crippen LogP contribution in [-0.2, 0) is 34.0 Å². The first-order valence-electron chi connectivity index (χ1n) is 8.99. The summed E-state index contributed by atoms with van der Waals surface area (Å²) in [7, 11) is 0. The molecular formula is C15H21N9O9. The molecule has 9 N–H and O–H groups in total. The van der Waals surface area contributed by atoms with Gasteiger partial charge in [-0.1, -0.05) is 9.97 Å². The summed E-state index contributed by atoms with van der Waals surface area (Å²) < 4.78 is 1.33. The van der Waals surface area contributed by atoms with Gasteiger partial charge in [0.05, 0.1) is 12.8 Å². The Morgan fingerprint density at radius 2 is 1.09 bits per heavy atom. The third-order valence-corrected chi connectivity index (χ3v) is 3.75. The van der Waals surface area contributed by atoms with Crippen molar-refractivity contribution in [2.75, 3.05) is 17.2 Å². The summed E-state index contributed by atoms with van der Waals surface area (Å²) in [5.74, 6) is -3.73. The number of carboxylic acid groups (broad SMARTS) is 3. The highest BCUT2D eigenvalue weighted by Gasteiger charge is 2.16. The van der Waals surface area contributed by atoms with Crippen molar-refractivity contribution in [1.82, 2.24) is 23.7 Å². The van der Waals surface area contributed by atoms with Crippen molar-refractivity contribution >= 4 is 35.8 Å². The summed E-state index contributed by atoms with van der Waals surface area (Å²) in [5.41, 5.74) is 12.1. The van der Waals surface area contributed by atoms with Gasteiger partial charge in [0.25, 0.3) is 0 Å². The molecule has 0 aliphatic rings. The highest BCUT2D eigenvalue weighted by molar-refractivity contribution is 5.66. The summed E-state index contributed by atoms with van der Waals surface area (Å²) in [6, 6.07) is 0. The molecule has 18 heteroatoms. The first-order valence-corrected chi connectivity index (χ1v) is 8.99. The predicted octanol–water partition coefficient (Wildman–Crippen LogP) is -5.70. The molecule has 180 valence electrons. The van der Waals surface area contributed by atoms with Gasteiger partial charge < -0.3 is 37.3 Å². The average Bonchev–Trinajstić information content (AvgIpc) is 2.66. The smallest absolute Gasteiger partial charge is 0.336 e. The Bertz CT molecular complexity index is 1020. The van der Waals surface area contributed by atoms with E-state index in [2.05, 4.69) is 15.0 Å². The number of nitrogens with one attached hydrogen (secondary N) is 1. The maximum atomic E-state index is 12.1. The Morgan fingerprint density at radius 1 is 0.758 bits per heavy atom. The van der Waals surface area contributed by atoms with E-state index in [0.29, 0.717) is 13.7 Å². The Hall–Kier alpha value is -4.77. The second-order valence-electron chi connectivity index (χ2n) is 6.19. The summed E-state index contributed by atoms with van der Waals surface area (Å²) >= 11 is 0. The molecule has 2 aromatic rings. The van der Waals surface area contributed by atoms with Gasteiger partial charge in [-0.25, -0.2) is 33.1 Å². The molecule has 0 atom stereocenters. The van der Waals surface area contributed by atoms with Crippen LogP contribution >= 0.6 is 0 Å². The molecule has 2 heterocycles. The number of carbonyl (C=O) groups excluding carboxylic acids is 1. The van der Waals surface area contributed by atoms with Crippen molar-refractivity contribution in [3.8, 4) is 0 Å². The molecule has 0 unspecified atom stereocenters. The molecule has 0 saturated heterocycles. The van der Waals surface area contributed by atoms with Crippen LogP contribution in [0, 0.1) is 0 Å². The number of nitrogen functional groups attached to an aromatic ring is 3. The minimum absolute atomic E-state index is 0.0729. The number of nitrogens with two attached hydrogens (primary N) is 3. The Balaban J connectivity index is 0.000000502. The lowest BCUT2D eigenvalue weighted by atomic mass is 10.4. The van der Waals surface area contributed by atoms with Gasteiger partial charge in [0.15, 0.2) is 0 Å². The van der Waals surface area contributed by atoms with Crippen LogP contribution in [0.5, 0.6) is 0 Å². The largest absolute Gasteiger partial charge is 0.550 e. The van der Waals surface area contributed by atoms with Crippen LogP contribution in [0.2, 0.25) is 0 Å². The van der Waals surface area contributed by atoms with Crippen LogP contribution in [0.1, 0.15) is 19.3 Å². The molecule has 33 heavy (non-hydrogen) atoms. The van der Waals surface area contributed by atoms with Crippen LogP contribution < -0.4 is 44.4 Å². The molecular weight excluding hydrogens is 450 g/mol. The number of nitrogens with zero attached hydrogens (tertiary/aromatic N) is 5. The Kier molecular flexibility index (Phi) is 9.21. The van der Waals surface area contributed by atoms with E-state index in [9.17, 15) is 33.9 Å². The van der Waals surface area contributed by atoms with Crippen LogP contribution in [0.25, 0.3) is 0 Å². The maximum absolute atomic E-state index is 12.1. The number of aromatic nitrogens is 6. The van der Waals surface area contributed by atoms with E-state index >= 15 is 0 Å². The summed E-state index contributed by atoms with van der Waals surface area (Å²) in [5, 5.41) is 27.8. The van der Waals surface area contributed by atoms with Gasteiger partial charge in [0, 0.05) is 32.0 Å². The summed E-state index contributed by atoms with van der Waals surface area (Å²) in [6.45, 7) is -1.70. The minimum Gasteiger partial charge on any atom is -0.550 e. The molecule has 18 nitrogen and oxygen atoms in total. The van der Waals surface area contributed by atoms with Crippen molar-refractivity contribution in [3.63, 3.8) is 0 Å². The van der Waals surface area contributed by atoms with Gasteiger partial charge in [-0.3, -0.25) is 9.59 Å². The fourth-order valence-corrected chi connectivity index (χ4v) is 2.33. The van der Waals surface area contributed by atoms with Gasteiger partial charge in [0.2, 0.25) is 0 Å². The lowest BCUT2D eigenvalue weighted by Crippen LogP contribution is -2.55. The second-order valence-corrected chi connectivity index (χ2v) is 6.19. The molecule has 2 aromatic heterocycles. The lowest BCUT2D eigenvalue weighted by molar-refractivity contribution is -0.350. The molecule has 0 amide bonds. The number of hydrogen-bond acceptors (Lipinski definition) is 12. The van der Waals surface area contributed by atoms with E-state index in [0.717, 1.165) is 0 Å². The average molecular weight is 471 g/mol. The minimum atomic E-state index is -1.54. The van der Waals surface area contributed by atoms with Gasteiger partial charge >= 0.3 is 46.9 Å². The van der Waals surface area contributed by atoms with E-state index < -0.39 is 73.9 Å². The van der Waals surface area contributed by atoms with Crippen LogP contribution in [0.15, 0.2) is 14.4 Å². The molecule has 2 rings (SSSR count). The normalized spacial score (nSPS) is 10.2. The Morgan fingerprint density at radius 3 is 1.36 bits per heavy atom. The van der Waals surface area contributed by atoms with E-state index in [1.807, 2.05) is 0 Å². The summed E-state index contributed by atoms with van der Waals surface area (Å²) in [6.07, 6.45) is -1.87. The number of rotatable bonds is 9. The standard InChI is InChI=1S/C12H15N3O9.C3H6N6/c16-7(17)1-4-13-10(22)14(5-2-8(18)19)12(24)15(11(13)23)6-3-9(20)21;4-1-7-2(5)9-3(6)8-1/h1-6H2,(H,16,17)(H,18,19)(H,20,21);(H6,4,5,6,7,8,9). The number of carbonyl (C=O) groups is 3. The SMILES string of the molecule is Nc1nc(N)[nH+]c(N)n1.O=C([O-])CCn1c(=O)n(CCC(=O)O)c(=O)n(CCC(=O)O)c1=O. The Labute approximate surface area is 182 Å². The fraction of sp³-hybridized carbons (Fsp3) is 0.400. The molecule has 0 bridgehead atoms. The number of carboxylic acids is 3. The number of aliphatic carboxylic acids is 3. The number of anilines is 3. The van der Waals surface area contributed by atoms with Crippen LogP contribution in [0.4, 0.5) is 17.8 Å². The third kappa shape index (κ3) is 8.11. The maximum Gasteiger partial charge on any atom is 0.336 e. The van der Waals surface area contributed by atoms with Crippen LogP contribution in [-0.4, -0.2) is 51.8 Å². The lowest BCUT2D eigenvalue weighted by Gasteiger charge is -2.13. The fourth-order valence-electron chi connectivity index (χ4n) is 2.33. The van der Waals surface area contributed by atoms with Crippen molar-refractivity contribution in [3.05, 3.63) is 31.5 Å². The molecule has 0 aromatic carbocycles. The van der Waals surface area contributed by atoms with Crippen molar-refractivity contribution in [2.45, 2.75) is 38.9 Å². The zero-order valence-electron chi connectivity index (χ0n) is 17.0. The van der Waals surface area contributed by atoms with E-state index in [1.54, 1.807) is 0 Å². The quantitative estimate of drug-likeness (QED) is 0.228. The zero-order valence-corrected chi connectivity index (χ0v) is 17.0. The third-order valence-electron chi connectivity index (χ3n) is 3.75. The number of aromatic amines is 1. The van der Waals surface area contributed by atoms with Crippen LogP contribution in [0.3, 0.4) is 0 Å². The van der Waals surface area contributed by atoms with Crippen molar-refractivity contribution < 1.29 is 34.7 Å². The molecule has 0 fully saturated rings. The van der Waals surface area contributed by atoms with Gasteiger partial charge in [-0.2, -0.15) is 0 Å². The van der Waals surface area contributed by atoms with Gasteiger partial charge in [-0.05, 0) is 0 Å². The van der Waals surface area contributed by atoms with E-state index in [4.69, 9.17) is 27.4 Å². The zero-order chi connectivity index (χ0) is 25.3. The highest BCUT2D eigenvalue weighted by atomic mass is 16.4. The summed E-state index contributed by atoms with van der Waals surface area (Å²) in [4.78, 5) is 77.6. The van der Waals surface area contributed by atoms with Gasteiger partial charge in [0.1, 0.15) is 0 Å². The first kappa shape index (κ1) is 26.3. The molecule has 0 saturated carbocycles. The number of hydrogen-bond donors (Lipinski definition) is 5. The number of H-pyrrole nitrogens is 1. The molecule has 0 radical (unpaired) electrons. The van der Waals surface area contributed by atoms with Gasteiger partial charge in [-0.15, -0.1) is 0 Å². The highest BCUT2D eigenvalue weighted by Crippen LogP contribution is 1.91. The van der Waals surface area contributed by atoms with E-state index in [-0.39, 0.29) is 17.8 Å². The topological polar surface area (TPSA) is 299 Å². The molecule has 0 spiro atoms. The molecule has 0 aliphatic heterocycles. The first-order chi connectivity index (χ1) is 15.3. The molecule has 0 aliphatic carbocycles. The van der Waals surface area contributed by atoms with Crippen molar-refractivity contribution in [2.24, 2.45) is 0 Å². The second kappa shape index (κ2) is 11.6. The van der Waals surface area contributed by atoms with Crippen molar-refractivity contribution in [1.29, 1.82) is 0 Å². The predicted molar refractivity (Wildman–Crippen MR) is 105 cm³/mol. The monoisotopic (exact) mass is 471 g/mol.